The van der Waals surface area contributed by atoms with Crippen LogP contribution in [-0.4, -0.2) is 45.1 Å². The number of piperazine rings is 1. The zero-order valence-corrected chi connectivity index (χ0v) is 13.9. The highest BCUT2D eigenvalue weighted by Crippen LogP contribution is 2.26. The molecule has 1 unspecified atom stereocenters. The molecular weight excluding hydrogens is 288 g/mol. The molecule has 0 saturated carbocycles. The Balaban J connectivity index is 1.74. The summed E-state index contributed by atoms with van der Waals surface area (Å²) in [5, 5.41) is 4.35. The van der Waals surface area contributed by atoms with Crippen LogP contribution in [0.1, 0.15) is 31.0 Å². The summed E-state index contributed by atoms with van der Waals surface area (Å²) in [6.45, 7) is 8.07. The summed E-state index contributed by atoms with van der Waals surface area (Å²) in [6.07, 6.45) is 4.05. The second-order valence-electron chi connectivity index (χ2n) is 6.08. The van der Waals surface area contributed by atoms with E-state index in [4.69, 9.17) is 0 Å². The maximum absolute atomic E-state index is 12.0. The number of carbonyl (C=O) groups is 1. The van der Waals surface area contributed by atoms with Crippen LogP contribution in [0.3, 0.4) is 0 Å². The van der Waals surface area contributed by atoms with Crippen molar-refractivity contribution in [3.63, 3.8) is 0 Å². The molecule has 0 N–H and O–H groups in total. The summed E-state index contributed by atoms with van der Waals surface area (Å²) in [4.78, 5) is 16.4. The van der Waals surface area contributed by atoms with Crippen LogP contribution in [0.15, 0.2) is 42.7 Å². The van der Waals surface area contributed by atoms with E-state index >= 15 is 0 Å². The van der Waals surface area contributed by atoms with Gasteiger partial charge in [0.1, 0.15) is 0 Å². The largest absolute Gasteiger partial charge is 0.333 e. The molecule has 5 heteroatoms. The summed E-state index contributed by atoms with van der Waals surface area (Å²) in [7, 11) is 0. The van der Waals surface area contributed by atoms with E-state index in [1.54, 1.807) is 6.92 Å². The Morgan fingerprint density at radius 3 is 2.70 bits per heavy atom. The zero-order valence-electron chi connectivity index (χ0n) is 13.9. The van der Waals surface area contributed by atoms with Gasteiger partial charge in [0.25, 0.3) is 0 Å². The summed E-state index contributed by atoms with van der Waals surface area (Å²) in [6, 6.07) is 10.4. The molecule has 3 rings (SSSR count). The number of rotatable bonds is 4. The molecule has 1 aromatic heterocycles. The molecule has 0 spiro atoms. The van der Waals surface area contributed by atoms with Gasteiger partial charge in [-0.1, -0.05) is 30.3 Å². The van der Waals surface area contributed by atoms with Gasteiger partial charge in [-0.3, -0.25) is 14.4 Å². The molecule has 23 heavy (non-hydrogen) atoms. The third kappa shape index (κ3) is 3.62. The van der Waals surface area contributed by atoms with Crippen LogP contribution >= 0.6 is 0 Å². The molecule has 1 aliphatic rings. The van der Waals surface area contributed by atoms with Crippen molar-refractivity contribution in [2.24, 2.45) is 0 Å². The second-order valence-corrected chi connectivity index (χ2v) is 6.08. The first-order valence-corrected chi connectivity index (χ1v) is 8.23. The van der Waals surface area contributed by atoms with E-state index in [2.05, 4.69) is 35.3 Å². The zero-order chi connectivity index (χ0) is 16.2. The normalized spacial score (nSPS) is 19.0. The molecule has 2 aromatic rings. The van der Waals surface area contributed by atoms with Crippen LogP contribution in [0, 0.1) is 0 Å². The summed E-state index contributed by atoms with van der Waals surface area (Å²) in [5.41, 5.74) is 2.44. The standard InChI is InChI=1S/C18H24N4O/c1-3-21-13-16(11-19-21)12-20-9-10-22(15(2)23)18(14-20)17-7-5-4-6-8-17/h4-8,11,13,18H,3,9-10,12,14H2,1-2H3. The maximum atomic E-state index is 12.0. The van der Waals surface area contributed by atoms with Crippen LogP contribution in [0.25, 0.3) is 0 Å². The Labute approximate surface area is 137 Å². The lowest BCUT2D eigenvalue weighted by Gasteiger charge is -2.41. The van der Waals surface area contributed by atoms with E-state index in [-0.39, 0.29) is 11.9 Å². The quantitative estimate of drug-likeness (QED) is 0.870. The summed E-state index contributed by atoms with van der Waals surface area (Å²) >= 11 is 0. The lowest BCUT2D eigenvalue weighted by atomic mass is 10.0. The number of aryl methyl sites for hydroxylation is 1. The number of carbonyl (C=O) groups excluding carboxylic acids is 1. The lowest BCUT2D eigenvalue weighted by molar-refractivity contribution is -0.134. The average Bonchev–Trinajstić information content (AvgIpc) is 3.03. The van der Waals surface area contributed by atoms with Gasteiger partial charge in [0, 0.05) is 51.4 Å². The molecule has 2 heterocycles. The predicted molar refractivity (Wildman–Crippen MR) is 89.7 cm³/mol. The number of benzene rings is 1. The number of hydrogen-bond donors (Lipinski definition) is 0. The Morgan fingerprint density at radius 1 is 1.26 bits per heavy atom. The monoisotopic (exact) mass is 312 g/mol. The van der Waals surface area contributed by atoms with Crippen molar-refractivity contribution in [1.29, 1.82) is 0 Å². The maximum Gasteiger partial charge on any atom is 0.220 e. The predicted octanol–water partition coefficient (Wildman–Crippen LogP) is 2.31. The van der Waals surface area contributed by atoms with Gasteiger partial charge in [0.05, 0.1) is 12.2 Å². The molecule has 1 amide bonds. The van der Waals surface area contributed by atoms with Gasteiger partial charge in [-0.05, 0) is 12.5 Å². The Hall–Kier alpha value is -2.14. The first-order chi connectivity index (χ1) is 11.2. The smallest absolute Gasteiger partial charge is 0.220 e. The van der Waals surface area contributed by atoms with Gasteiger partial charge in [-0.25, -0.2) is 0 Å². The molecule has 1 aliphatic heterocycles. The van der Waals surface area contributed by atoms with E-state index in [0.29, 0.717) is 0 Å². The molecule has 1 saturated heterocycles. The molecule has 1 fully saturated rings. The van der Waals surface area contributed by atoms with E-state index < -0.39 is 0 Å². The first-order valence-electron chi connectivity index (χ1n) is 8.23. The molecule has 1 aromatic carbocycles. The third-order valence-corrected chi connectivity index (χ3v) is 4.47. The molecular formula is C18H24N4O. The fourth-order valence-electron chi connectivity index (χ4n) is 3.24. The third-order valence-electron chi connectivity index (χ3n) is 4.47. The summed E-state index contributed by atoms with van der Waals surface area (Å²) < 4.78 is 1.95. The minimum Gasteiger partial charge on any atom is -0.333 e. The number of aromatic nitrogens is 2. The van der Waals surface area contributed by atoms with E-state index in [9.17, 15) is 4.79 Å². The lowest BCUT2D eigenvalue weighted by Crippen LogP contribution is -2.49. The van der Waals surface area contributed by atoms with Crippen molar-refractivity contribution in [3.8, 4) is 0 Å². The van der Waals surface area contributed by atoms with Gasteiger partial charge >= 0.3 is 0 Å². The SMILES string of the molecule is CCn1cc(CN2CCN(C(C)=O)C(c3ccccc3)C2)cn1. The van der Waals surface area contributed by atoms with Crippen molar-refractivity contribution < 1.29 is 4.79 Å². The minimum atomic E-state index is 0.128. The van der Waals surface area contributed by atoms with Crippen molar-refractivity contribution in [2.45, 2.75) is 33.0 Å². The minimum absolute atomic E-state index is 0.128. The van der Waals surface area contributed by atoms with E-state index in [1.807, 2.05) is 34.0 Å². The van der Waals surface area contributed by atoms with Crippen LogP contribution in [0.4, 0.5) is 0 Å². The van der Waals surface area contributed by atoms with Crippen molar-refractivity contribution >= 4 is 5.91 Å². The average molecular weight is 312 g/mol. The van der Waals surface area contributed by atoms with Crippen molar-refractivity contribution in [2.75, 3.05) is 19.6 Å². The van der Waals surface area contributed by atoms with Gasteiger partial charge in [-0.15, -0.1) is 0 Å². The molecule has 122 valence electrons. The topological polar surface area (TPSA) is 41.4 Å². The first kappa shape index (κ1) is 15.7. The Bertz CT molecular complexity index is 652. The fraction of sp³-hybridized carbons (Fsp3) is 0.444. The second kappa shape index (κ2) is 6.96. The molecule has 5 nitrogen and oxygen atoms in total. The number of nitrogens with zero attached hydrogens (tertiary/aromatic N) is 4. The van der Waals surface area contributed by atoms with Gasteiger partial charge < -0.3 is 4.90 Å². The summed E-state index contributed by atoms with van der Waals surface area (Å²) in [5.74, 6) is 0.150. The van der Waals surface area contributed by atoms with Crippen LogP contribution in [-0.2, 0) is 17.9 Å². The Kier molecular flexibility index (Phi) is 4.76. The highest BCUT2D eigenvalue weighted by Gasteiger charge is 2.29. The van der Waals surface area contributed by atoms with Crippen molar-refractivity contribution in [1.82, 2.24) is 19.6 Å². The van der Waals surface area contributed by atoms with Crippen LogP contribution in [0.2, 0.25) is 0 Å². The highest BCUT2D eigenvalue weighted by molar-refractivity contribution is 5.74. The van der Waals surface area contributed by atoms with Gasteiger partial charge in [0.2, 0.25) is 5.91 Å². The van der Waals surface area contributed by atoms with E-state index in [1.165, 1.54) is 11.1 Å². The van der Waals surface area contributed by atoms with Crippen LogP contribution < -0.4 is 0 Å². The molecule has 0 aliphatic carbocycles. The van der Waals surface area contributed by atoms with Crippen molar-refractivity contribution in [3.05, 3.63) is 53.9 Å². The Morgan fingerprint density at radius 2 is 2.04 bits per heavy atom. The number of amides is 1. The molecule has 0 radical (unpaired) electrons. The molecule has 1 atom stereocenters. The van der Waals surface area contributed by atoms with E-state index in [0.717, 1.165) is 32.7 Å². The van der Waals surface area contributed by atoms with Gasteiger partial charge in [-0.2, -0.15) is 5.10 Å². The molecule has 0 bridgehead atoms. The number of hydrogen-bond acceptors (Lipinski definition) is 3. The van der Waals surface area contributed by atoms with Crippen LogP contribution in [0.5, 0.6) is 0 Å². The fourth-order valence-corrected chi connectivity index (χ4v) is 3.24. The highest BCUT2D eigenvalue weighted by atomic mass is 16.2. The van der Waals surface area contributed by atoms with Gasteiger partial charge in [0.15, 0.2) is 0 Å².